The third kappa shape index (κ3) is 5.89. The van der Waals surface area contributed by atoms with Gasteiger partial charge in [0.1, 0.15) is 5.02 Å². The summed E-state index contributed by atoms with van der Waals surface area (Å²) in [6, 6.07) is 10.9. The summed E-state index contributed by atoms with van der Waals surface area (Å²) < 4.78 is 0. The second-order valence-electron chi connectivity index (χ2n) is 5.80. The molecule has 140 valence electrons. The number of nitro benzene ring substituents is 1. The van der Waals surface area contributed by atoms with E-state index in [1.54, 1.807) is 19.1 Å². The van der Waals surface area contributed by atoms with Crippen molar-refractivity contribution in [2.75, 3.05) is 5.32 Å². The van der Waals surface area contributed by atoms with Crippen LogP contribution >= 0.6 is 11.6 Å². The van der Waals surface area contributed by atoms with Crippen LogP contribution in [-0.4, -0.2) is 22.4 Å². The quantitative estimate of drug-likeness (QED) is 0.446. The molecule has 0 heterocycles. The number of anilines is 1. The molecular formula is C18H17ClN4O4. The number of hydrogen-bond donors (Lipinski definition) is 2. The number of aryl methyl sites for hydroxylation is 1. The van der Waals surface area contributed by atoms with Crippen molar-refractivity contribution in [2.45, 2.75) is 20.3 Å². The summed E-state index contributed by atoms with van der Waals surface area (Å²) in [5.74, 6) is -0.819. The largest absolute Gasteiger partial charge is 0.326 e. The number of hydrazone groups is 1. The summed E-state index contributed by atoms with van der Waals surface area (Å²) in [4.78, 5) is 34.2. The number of rotatable bonds is 6. The Morgan fingerprint density at radius 1 is 1.19 bits per heavy atom. The zero-order chi connectivity index (χ0) is 20.0. The van der Waals surface area contributed by atoms with E-state index in [-0.39, 0.29) is 28.7 Å². The molecular weight excluding hydrogens is 372 g/mol. The summed E-state index contributed by atoms with van der Waals surface area (Å²) >= 11 is 5.73. The number of hydrogen-bond acceptors (Lipinski definition) is 5. The number of amides is 2. The average Bonchev–Trinajstić information content (AvgIpc) is 2.61. The first-order valence-corrected chi connectivity index (χ1v) is 8.28. The topological polar surface area (TPSA) is 114 Å². The number of nitro groups is 1. The summed E-state index contributed by atoms with van der Waals surface area (Å²) in [5, 5.41) is 17.3. The highest BCUT2D eigenvalue weighted by Gasteiger charge is 2.14. The number of carbonyl (C=O) groups is 2. The molecule has 8 nitrogen and oxygen atoms in total. The van der Waals surface area contributed by atoms with E-state index in [9.17, 15) is 19.7 Å². The first kappa shape index (κ1) is 20.1. The Kier molecular flexibility index (Phi) is 6.62. The van der Waals surface area contributed by atoms with Gasteiger partial charge in [-0.15, -0.1) is 0 Å². The summed E-state index contributed by atoms with van der Waals surface area (Å²) in [5.41, 5.74) is 4.18. The number of carbonyl (C=O) groups excluding carboxylic acids is 2. The van der Waals surface area contributed by atoms with Crippen molar-refractivity contribution in [3.05, 3.63) is 68.7 Å². The Morgan fingerprint density at radius 3 is 2.48 bits per heavy atom. The van der Waals surface area contributed by atoms with Crippen LogP contribution in [0.2, 0.25) is 5.02 Å². The fraction of sp³-hybridized carbons (Fsp3) is 0.167. The van der Waals surface area contributed by atoms with Crippen molar-refractivity contribution in [3.8, 4) is 0 Å². The Balaban J connectivity index is 1.94. The fourth-order valence-electron chi connectivity index (χ4n) is 2.12. The maximum atomic E-state index is 12.0. The van der Waals surface area contributed by atoms with E-state index in [1.165, 1.54) is 18.2 Å². The molecule has 0 unspecified atom stereocenters. The Morgan fingerprint density at radius 2 is 1.85 bits per heavy atom. The molecule has 0 fully saturated rings. The standard InChI is InChI=1S/C18H17ClN4O4/c1-11-3-5-13(6-4-11)18(25)22-21-12(2)9-17(24)20-14-7-8-15(19)16(10-14)23(26)27/h3-8,10H,9H2,1-2H3,(H,20,24)(H,22,25). The monoisotopic (exact) mass is 388 g/mol. The molecule has 0 aliphatic heterocycles. The van der Waals surface area contributed by atoms with E-state index in [1.807, 2.05) is 19.1 Å². The highest BCUT2D eigenvalue weighted by Crippen LogP contribution is 2.27. The SMILES string of the molecule is CC(CC(=O)Nc1ccc(Cl)c([N+](=O)[O-])c1)=NNC(=O)c1ccc(C)cc1. The van der Waals surface area contributed by atoms with Crippen LogP contribution in [-0.2, 0) is 4.79 Å². The van der Waals surface area contributed by atoms with Crippen LogP contribution in [0.5, 0.6) is 0 Å². The summed E-state index contributed by atoms with van der Waals surface area (Å²) in [6.07, 6.45) is -0.0927. The van der Waals surface area contributed by atoms with Crippen LogP contribution in [0.25, 0.3) is 0 Å². The fourth-order valence-corrected chi connectivity index (χ4v) is 2.31. The highest BCUT2D eigenvalue weighted by atomic mass is 35.5. The predicted molar refractivity (Wildman–Crippen MR) is 103 cm³/mol. The van der Waals surface area contributed by atoms with Crippen molar-refractivity contribution >= 4 is 40.5 Å². The molecule has 0 atom stereocenters. The lowest BCUT2D eigenvalue weighted by Gasteiger charge is -2.06. The van der Waals surface area contributed by atoms with Gasteiger partial charge in [-0.25, -0.2) is 5.43 Å². The molecule has 9 heteroatoms. The Labute approximate surface area is 160 Å². The number of nitrogens with zero attached hydrogens (tertiary/aromatic N) is 2. The third-order valence-corrected chi connectivity index (χ3v) is 3.82. The molecule has 0 saturated carbocycles. The molecule has 2 N–H and O–H groups in total. The first-order chi connectivity index (χ1) is 12.8. The lowest BCUT2D eigenvalue weighted by atomic mass is 10.1. The van der Waals surface area contributed by atoms with E-state index in [4.69, 9.17) is 11.6 Å². The number of benzene rings is 2. The van der Waals surface area contributed by atoms with Crippen LogP contribution < -0.4 is 10.7 Å². The normalized spacial score (nSPS) is 11.0. The molecule has 2 rings (SSSR count). The molecule has 0 bridgehead atoms. The minimum atomic E-state index is -0.634. The molecule has 0 aromatic heterocycles. The molecule has 0 saturated heterocycles. The molecule has 0 aliphatic carbocycles. The van der Waals surface area contributed by atoms with Crippen molar-refractivity contribution in [1.82, 2.24) is 5.43 Å². The minimum Gasteiger partial charge on any atom is -0.326 e. The Bertz CT molecular complexity index is 910. The lowest BCUT2D eigenvalue weighted by Crippen LogP contribution is -2.21. The van der Waals surface area contributed by atoms with Gasteiger partial charge in [0.15, 0.2) is 0 Å². The van der Waals surface area contributed by atoms with Gasteiger partial charge in [0.2, 0.25) is 5.91 Å². The van der Waals surface area contributed by atoms with Gasteiger partial charge in [0, 0.05) is 23.0 Å². The third-order valence-electron chi connectivity index (χ3n) is 3.51. The van der Waals surface area contributed by atoms with Gasteiger partial charge in [0.25, 0.3) is 11.6 Å². The second-order valence-corrected chi connectivity index (χ2v) is 6.21. The van der Waals surface area contributed by atoms with Gasteiger partial charge in [0.05, 0.1) is 11.3 Å². The predicted octanol–water partition coefficient (Wildman–Crippen LogP) is 3.69. The average molecular weight is 389 g/mol. The van der Waals surface area contributed by atoms with E-state index in [0.717, 1.165) is 5.56 Å². The van der Waals surface area contributed by atoms with E-state index < -0.39 is 10.8 Å². The molecule has 27 heavy (non-hydrogen) atoms. The van der Waals surface area contributed by atoms with Gasteiger partial charge < -0.3 is 5.32 Å². The van der Waals surface area contributed by atoms with Gasteiger partial charge in [-0.3, -0.25) is 19.7 Å². The number of halogens is 1. The first-order valence-electron chi connectivity index (χ1n) is 7.90. The van der Waals surface area contributed by atoms with E-state index in [0.29, 0.717) is 11.3 Å². The highest BCUT2D eigenvalue weighted by molar-refractivity contribution is 6.32. The minimum absolute atomic E-state index is 0.0189. The van der Waals surface area contributed by atoms with Crippen LogP contribution in [0.15, 0.2) is 47.6 Å². The van der Waals surface area contributed by atoms with Crippen LogP contribution in [0.3, 0.4) is 0 Å². The van der Waals surface area contributed by atoms with E-state index >= 15 is 0 Å². The summed E-state index contributed by atoms with van der Waals surface area (Å²) in [6.45, 7) is 3.50. The van der Waals surface area contributed by atoms with Gasteiger partial charge in [-0.1, -0.05) is 29.3 Å². The molecule has 0 spiro atoms. The van der Waals surface area contributed by atoms with Crippen LogP contribution in [0, 0.1) is 17.0 Å². The van der Waals surface area contributed by atoms with Crippen molar-refractivity contribution in [2.24, 2.45) is 5.10 Å². The van der Waals surface area contributed by atoms with Gasteiger partial charge in [-0.05, 0) is 38.1 Å². The summed E-state index contributed by atoms with van der Waals surface area (Å²) in [7, 11) is 0. The number of nitrogens with one attached hydrogen (secondary N) is 2. The molecule has 2 aromatic rings. The molecule has 2 aromatic carbocycles. The second kappa shape index (κ2) is 8.91. The smallest absolute Gasteiger partial charge is 0.289 e. The van der Waals surface area contributed by atoms with Crippen molar-refractivity contribution < 1.29 is 14.5 Å². The molecule has 0 aliphatic rings. The van der Waals surface area contributed by atoms with E-state index in [2.05, 4.69) is 15.8 Å². The molecule has 2 amide bonds. The molecule has 0 radical (unpaired) electrons. The van der Waals surface area contributed by atoms with Crippen LogP contribution in [0.1, 0.15) is 29.3 Å². The Hall–Kier alpha value is -3.26. The maximum absolute atomic E-state index is 12.0. The lowest BCUT2D eigenvalue weighted by molar-refractivity contribution is -0.384. The zero-order valence-electron chi connectivity index (χ0n) is 14.7. The van der Waals surface area contributed by atoms with Crippen molar-refractivity contribution in [1.29, 1.82) is 0 Å². The maximum Gasteiger partial charge on any atom is 0.289 e. The van der Waals surface area contributed by atoms with Crippen LogP contribution in [0.4, 0.5) is 11.4 Å². The van der Waals surface area contributed by atoms with Gasteiger partial charge >= 0.3 is 0 Å². The van der Waals surface area contributed by atoms with Gasteiger partial charge in [-0.2, -0.15) is 5.10 Å². The van der Waals surface area contributed by atoms with Crippen molar-refractivity contribution in [3.63, 3.8) is 0 Å². The zero-order valence-corrected chi connectivity index (χ0v) is 15.4.